The molecule has 0 saturated heterocycles. The molecule has 0 saturated carbocycles. The highest BCUT2D eigenvalue weighted by Crippen LogP contribution is 2.34. The first-order chi connectivity index (χ1) is 8.41. The fraction of sp³-hybridized carbons (Fsp3) is 0.467. The third-order valence-corrected chi connectivity index (χ3v) is 4.60. The van der Waals surface area contributed by atoms with Gasteiger partial charge in [0.05, 0.1) is 12.3 Å². The Balaban J connectivity index is 2.31. The molecule has 0 spiro atoms. The number of hydrogen-bond donors (Lipinski definition) is 1. The van der Waals surface area contributed by atoms with Crippen molar-refractivity contribution in [2.45, 2.75) is 39.2 Å². The number of aryl methyl sites for hydroxylation is 1. The van der Waals surface area contributed by atoms with Gasteiger partial charge in [-0.05, 0) is 37.6 Å². The van der Waals surface area contributed by atoms with E-state index in [1.807, 2.05) is 31.6 Å². The minimum absolute atomic E-state index is 0.216. The van der Waals surface area contributed by atoms with E-state index in [9.17, 15) is 0 Å². The molecule has 0 bridgehead atoms. The summed E-state index contributed by atoms with van der Waals surface area (Å²) in [4.78, 5) is 2.75. The first kappa shape index (κ1) is 13.4. The van der Waals surface area contributed by atoms with Gasteiger partial charge < -0.3 is 9.73 Å². The van der Waals surface area contributed by atoms with Gasteiger partial charge in [-0.25, -0.2) is 0 Å². The summed E-state index contributed by atoms with van der Waals surface area (Å²) in [6.45, 7) is 8.72. The van der Waals surface area contributed by atoms with E-state index in [2.05, 4.69) is 44.3 Å². The Morgan fingerprint density at radius 2 is 2.00 bits per heavy atom. The molecule has 0 fully saturated rings. The molecule has 1 N–H and O–H groups in total. The second kappa shape index (κ2) is 4.90. The monoisotopic (exact) mass is 263 g/mol. The van der Waals surface area contributed by atoms with Crippen LogP contribution >= 0.6 is 11.3 Å². The van der Waals surface area contributed by atoms with E-state index >= 15 is 0 Å². The van der Waals surface area contributed by atoms with Crippen molar-refractivity contribution in [1.29, 1.82) is 0 Å². The molecular weight excluding hydrogens is 242 g/mol. The zero-order chi connectivity index (χ0) is 13.3. The van der Waals surface area contributed by atoms with Crippen LogP contribution in [0.15, 0.2) is 28.9 Å². The molecule has 1 unspecified atom stereocenters. The fourth-order valence-electron chi connectivity index (χ4n) is 2.00. The van der Waals surface area contributed by atoms with Crippen molar-refractivity contribution in [2.24, 2.45) is 0 Å². The third kappa shape index (κ3) is 2.68. The number of hydrogen-bond acceptors (Lipinski definition) is 3. The van der Waals surface area contributed by atoms with E-state index in [0.717, 1.165) is 5.76 Å². The number of nitrogens with one attached hydrogen (secondary N) is 1. The molecule has 18 heavy (non-hydrogen) atoms. The SMILES string of the molecule is CNC(c1coc(C)c1)c1ccc(C(C)(C)C)s1. The van der Waals surface area contributed by atoms with Crippen LogP contribution in [0.2, 0.25) is 0 Å². The van der Waals surface area contributed by atoms with Gasteiger partial charge in [-0.2, -0.15) is 0 Å². The van der Waals surface area contributed by atoms with Gasteiger partial charge in [-0.3, -0.25) is 0 Å². The Labute approximate surface area is 113 Å². The van der Waals surface area contributed by atoms with Gasteiger partial charge >= 0.3 is 0 Å². The number of furan rings is 1. The van der Waals surface area contributed by atoms with Gasteiger partial charge in [-0.15, -0.1) is 11.3 Å². The molecule has 0 aliphatic heterocycles. The maximum atomic E-state index is 5.41. The summed E-state index contributed by atoms with van der Waals surface area (Å²) < 4.78 is 5.41. The zero-order valence-corrected chi connectivity index (χ0v) is 12.5. The van der Waals surface area contributed by atoms with Crippen molar-refractivity contribution >= 4 is 11.3 Å². The minimum Gasteiger partial charge on any atom is -0.469 e. The largest absolute Gasteiger partial charge is 0.469 e. The Hall–Kier alpha value is -1.06. The Morgan fingerprint density at radius 3 is 2.44 bits per heavy atom. The lowest BCUT2D eigenvalue weighted by atomic mass is 9.95. The molecule has 2 aromatic heterocycles. The van der Waals surface area contributed by atoms with Crippen molar-refractivity contribution < 1.29 is 4.42 Å². The molecule has 0 radical (unpaired) electrons. The highest BCUT2D eigenvalue weighted by atomic mass is 32.1. The molecule has 2 nitrogen and oxygen atoms in total. The van der Waals surface area contributed by atoms with Gasteiger partial charge in [0.1, 0.15) is 5.76 Å². The number of thiophene rings is 1. The molecule has 2 aromatic rings. The lowest BCUT2D eigenvalue weighted by molar-refractivity contribution is 0.528. The predicted octanol–water partition coefficient (Wildman–Crippen LogP) is 4.26. The lowest BCUT2D eigenvalue weighted by Crippen LogP contribution is -2.15. The van der Waals surface area contributed by atoms with Crippen LogP contribution < -0.4 is 5.32 Å². The van der Waals surface area contributed by atoms with Crippen LogP contribution in [0.4, 0.5) is 0 Å². The highest BCUT2D eigenvalue weighted by molar-refractivity contribution is 7.12. The highest BCUT2D eigenvalue weighted by Gasteiger charge is 2.20. The molecule has 0 aliphatic rings. The molecule has 2 rings (SSSR count). The van der Waals surface area contributed by atoms with Crippen LogP contribution in [0.1, 0.15) is 47.9 Å². The van der Waals surface area contributed by atoms with Crippen LogP contribution in [0.3, 0.4) is 0 Å². The molecule has 2 heterocycles. The van der Waals surface area contributed by atoms with Crippen LogP contribution in [-0.2, 0) is 5.41 Å². The van der Waals surface area contributed by atoms with E-state index in [0.29, 0.717) is 0 Å². The molecule has 98 valence electrons. The average Bonchev–Trinajstić information content (AvgIpc) is 2.88. The maximum Gasteiger partial charge on any atom is 0.101 e. The molecular formula is C15H21NOS. The van der Waals surface area contributed by atoms with E-state index < -0.39 is 0 Å². The van der Waals surface area contributed by atoms with Gasteiger partial charge in [0.2, 0.25) is 0 Å². The molecule has 0 amide bonds. The molecule has 0 aliphatic carbocycles. The van der Waals surface area contributed by atoms with Crippen LogP contribution in [-0.4, -0.2) is 7.05 Å². The Morgan fingerprint density at radius 1 is 1.28 bits per heavy atom. The minimum atomic E-state index is 0.216. The normalized spacial score (nSPS) is 13.8. The van der Waals surface area contributed by atoms with Crippen LogP contribution in [0.5, 0.6) is 0 Å². The molecule has 3 heteroatoms. The summed E-state index contributed by atoms with van der Waals surface area (Å²) in [5.41, 5.74) is 1.41. The summed E-state index contributed by atoms with van der Waals surface area (Å²) in [7, 11) is 1.99. The first-order valence-corrected chi connectivity index (χ1v) is 7.06. The summed E-state index contributed by atoms with van der Waals surface area (Å²) in [5, 5.41) is 3.36. The topological polar surface area (TPSA) is 25.2 Å². The van der Waals surface area contributed by atoms with Gasteiger partial charge in [0.25, 0.3) is 0 Å². The smallest absolute Gasteiger partial charge is 0.101 e. The summed E-state index contributed by atoms with van der Waals surface area (Å²) in [6, 6.07) is 6.77. The van der Waals surface area contributed by atoms with Crippen molar-refractivity contribution in [3.8, 4) is 0 Å². The third-order valence-electron chi connectivity index (χ3n) is 3.02. The summed E-state index contributed by atoms with van der Waals surface area (Å²) >= 11 is 1.87. The van der Waals surface area contributed by atoms with Crippen molar-refractivity contribution in [3.63, 3.8) is 0 Å². The second-order valence-electron chi connectivity index (χ2n) is 5.66. The standard InChI is InChI=1S/C15H21NOS/c1-10-8-11(9-17-10)14(16-5)12-6-7-13(18-12)15(2,3)4/h6-9,14,16H,1-5H3. The van der Waals surface area contributed by atoms with Gasteiger partial charge in [0.15, 0.2) is 0 Å². The molecule has 1 atom stereocenters. The average molecular weight is 263 g/mol. The fourth-order valence-corrected chi connectivity index (χ4v) is 3.20. The lowest BCUT2D eigenvalue weighted by Gasteiger charge is -2.16. The van der Waals surface area contributed by atoms with Crippen molar-refractivity contribution in [1.82, 2.24) is 5.32 Å². The van der Waals surface area contributed by atoms with Crippen LogP contribution in [0.25, 0.3) is 0 Å². The van der Waals surface area contributed by atoms with Crippen molar-refractivity contribution in [2.75, 3.05) is 7.05 Å². The summed E-state index contributed by atoms with van der Waals surface area (Å²) in [5.74, 6) is 0.956. The van der Waals surface area contributed by atoms with Gasteiger partial charge in [0, 0.05) is 15.3 Å². The Kier molecular flexibility index (Phi) is 3.64. The van der Waals surface area contributed by atoms with Crippen molar-refractivity contribution in [3.05, 3.63) is 45.5 Å². The second-order valence-corrected chi connectivity index (χ2v) is 6.78. The van der Waals surface area contributed by atoms with Crippen LogP contribution in [0, 0.1) is 6.92 Å². The van der Waals surface area contributed by atoms with E-state index in [1.54, 1.807) is 0 Å². The van der Waals surface area contributed by atoms with E-state index in [1.165, 1.54) is 15.3 Å². The maximum absolute atomic E-state index is 5.41. The Bertz CT molecular complexity index is 519. The summed E-state index contributed by atoms with van der Waals surface area (Å²) in [6.07, 6.45) is 1.84. The van der Waals surface area contributed by atoms with E-state index in [-0.39, 0.29) is 11.5 Å². The number of rotatable bonds is 3. The zero-order valence-electron chi connectivity index (χ0n) is 11.7. The van der Waals surface area contributed by atoms with E-state index in [4.69, 9.17) is 4.42 Å². The quantitative estimate of drug-likeness (QED) is 0.895. The first-order valence-electron chi connectivity index (χ1n) is 6.24. The molecule has 0 aromatic carbocycles. The van der Waals surface area contributed by atoms with Gasteiger partial charge in [-0.1, -0.05) is 20.8 Å². The predicted molar refractivity (Wildman–Crippen MR) is 77.4 cm³/mol.